The summed E-state index contributed by atoms with van der Waals surface area (Å²) < 4.78 is 13.1. The van der Waals surface area contributed by atoms with Crippen molar-refractivity contribution < 1.29 is 14.0 Å². The molecule has 6 heteroatoms. The minimum Gasteiger partial charge on any atom is -0.350 e. The number of nitrogens with zero attached hydrogens (tertiary/aromatic N) is 2. The molecule has 28 heavy (non-hydrogen) atoms. The second-order valence-corrected chi connectivity index (χ2v) is 8.89. The van der Waals surface area contributed by atoms with Crippen LogP contribution in [0, 0.1) is 23.6 Å². The third-order valence-electron chi connectivity index (χ3n) is 7.12. The molecule has 5 nitrogen and oxygen atoms in total. The van der Waals surface area contributed by atoms with Crippen LogP contribution in [0.1, 0.15) is 43.5 Å². The molecule has 0 aliphatic carbocycles. The number of nitrogens with one attached hydrogen (secondary N) is 1. The van der Waals surface area contributed by atoms with Crippen molar-refractivity contribution in [3.8, 4) is 0 Å². The first-order valence-corrected chi connectivity index (χ1v) is 10.5. The van der Waals surface area contributed by atoms with E-state index in [4.69, 9.17) is 0 Å². The second-order valence-electron chi connectivity index (χ2n) is 8.89. The van der Waals surface area contributed by atoms with Gasteiger partial charge in [-0.2, -0.15) is 0 Å². The van der Waals surface area contributed by atoms with Gasteiger partial charge in [-0.25, -0.2) is 4.39 Å². The minimum atomic E-state index is -0.336. The number of rotatable bonds is 4. The largest absolute Gasteiger partial charge is 0.350 e. The van der Waals surface area contributed by atoms with E-state index in [2.05, 4.69) is 24.1 Å². The van der Waals surface area contributed by atoms with Gasteiger partial charge in [0.2, 0.25) is 5.91 Å². The zero-order valence-corrected chi connectivity index (χ0v) is 16.8. The van der Waals surface area contributed by atoms with Crippen molar-refractivity contribution in [3.63, 3.8) is 0 Å². The second kappa shape index (κ2) is 7.47. The molecule has 3 saturated heterocycles. The SMILES string of the molecule is CC[C@@H](C)CN1C[C@H]2C(=O)NC3(CCN(C(=O)c4ccc(F)cc4)CC3)[C@H]2C1. The Balaban J connectivity index is 1.41. The summed E-state index contributed by atoms with van der Waals surface area (Å²) in [5.74, 6) is 0.871. The van der Waals surface area contributed by atoms with Crippen LogP contribution in [0.5, 0.6) is 0 Å². The van der Waals surface area contributed by atoms with Crippen molar-refractivity contribution >= 4 is 11.8 Å². The Morgan fingerprint density at radius 3 is 2.57 bits per heavy atom. The first-order valence-electron chi connectivity index (χ1n) is 10.5. The molecule has 0 saturated carbocycles. The number of amides is 2. The Morgan fingerprint density at radius 1 is 1.25 bits per heavy atom. The van der Waals surface area contributed by atoms with Gasteiger partial charge < -0.3 is 15.1 Å². The molecule has 1 aromatic carbocycles. The van der Waals surface area contributed by atoms with Gasteiger partial charge in [-0.3, -0.25) is 9.59 Å². The van der Waals surface area contributed by atoms with Crippen molar-refractivity contribution in [1.82, 2.24) is 15.1 Å². The molecule has 1 aromatic rings. The number of benzene rings is 1. The standard InChI is InChI=1S/C22H30FN3O2/c1-3-15(2)12-25-13-18-19(14-25)22(24-20(18)27)8-10-26(11-9-22)21(28)16-4-6-17(23)7-5-16/h4-7,15,18-19H,3,8-14H2,1-2H3,(H,24,27)/t15-,18-,19+/m1/s1. The van der Waals surface area contributed by atoms with Gasteiger partial charge in [-0.15, -0.1) is 0 Å². The topological polar surface area (TPSA) is 52.7 Å². The smallest absolute Gasteiger partial charge is 0.253 e. The zero-order chi connectivity index (χ0) is 19.9. The van der Waals surface area contributed by atoms with Crippen molar-refractivity contribution in [3.05, 3.63) is 35.6 Å². The van der Waals surface area contributed by atoms with Gasteiger partial charge in [0.1, 0.15) is 5.82 Å². The maximum absolute atomic E-state index is 13.1. The molecule has 0 unspecified atom stereocenters. The highest BCUT2D eigenvalue weighted by atomic mass is 19.1. The molecule has 0 aromatic heterocycles. The summed E-state index contributed by atoms with van der Waals surface area (Å²) in [6, 6.07) is 5.73. The first-order chi connectivity index (χ1) is 13.4. The average molecular weight is 387 g/mol. The Labute approximate surface area is 166 Å². The molecule has 2 amide bonds. The van der Waals surface area contributed by atoms with Gasteiger partial charge in [0, 0.05) is 49.7 Å². The number of piperidine rings is 1. The Morgan fingerprint density at radius 2 is 1.93 bits per heavy atom. The minimum absolute atomic E-state index is 0.0551. The lowest BCUT2D eigenvalue weighted by Gasteiger charge is -2.43. The highest BCUT2D eigenvalue weighted by Gasteiger charge is 2.57. The van der Waals surface area contributed by atoms with Crippen molar-refractivity contribution in [1.29, 1.82) is 0 Å². The van der Waals surface area contributed by atoms with Crippen LogP contribution in [0.4, 0.5) is 4.39 Å². The summed E-state index contributed by atoms with van der Waals surface area (Å²) in [4.78, 5) is 29.7. The van der Waals surface area contributed by atoms with Crippen LogP contribution in [-0.2, 0) is 4.79 Å². The van der Waals surface area contributed by atoms with E-state index in [-0.39, 0.29) is 29.1 Å². The summed E-state index contributed by atoms with van der Waals surface area (Å²) in [6.07, 6.45) is 2.75. The molecular weight excluding hydrogens is 357 g/mol. The zero-order valence-electron chi connectivity index (χ0n) is 16.8. The van der Waals surface area contributed by atoms with Gasteiger partial charge in [-0.05, 0) is 43.0 Å². The average Bonchev–Trinajstić information content (AvgIpc) is 3.22. The molecule has 152 valence electrons. The van der Waals surface area contributed by atoms with E-state index in [1.807, 2.05) is 4.90 Å². The van der Waals surface area contributed by atoms with Gasteiger partial charge in [0.25, 0.3) is 5.91 Å². The number of likely N-dealkylation sites (tertiary alicyclic amines) is 2. The molecule has 3 heterocycles. The highest BCUT2D eigenvalue weighted by Crippen LogP contribution is 2.44. The number of carbonyl (C=O) groups is 2. The van der Waals surface area contributed by atoms with E-state index >= 15 is 0 Å². The Kier molecular flexibility index (Phi) is 5.17. The normalized spacial score (nSPS) is 27.7. The fourth-order valence-electron chi connectivity index (χ4n) is 5.24. The molecule has 3 fully saturated rings. The van der Waals surface area contributed by atoms with Crippen LogP contribution >= 0.6 is 0 Å². The van der Waals surface area contributed by atoms with E-state index in [1.165, 1.54) is 12.1 Å². The highest BCUT2D eigenvalue weighted by molar-refractivity contribution is 5.94. The van der Waals surface area contributed by atoms with Crippen LogP contribution < -0.4 is 5.32 Å². The number of fused-ring (bicyclic) bond motifs is 2. The molecule has 1 N–H and O–H groups in total. The summed E-state index contributed by atoms with van der Waals surface area (Å²) >= 11 is 0. The molecular formula is C22H30FN3O2. The molecule has 1 spiro atoms. The van der Waals surface area contributed by atoms with Gasteiger partial charge in [-0.1, -0.05) is 20.3 Å². The predicted molar refractivity (Wildman–Crippen MR) is 105 cm³/mol. The summed E-state index contributed by atoms with van der Waals surface area (Å²) in [5.41, 5.74) is 0.345. The first kappa shape index (κ1) is 19.4. The number of hydrogen-bond donors (Lipinski definition) is 1. The number of carbonyl (C=O) groups excluding carboxylic acids is 2. The molecule has 3 aliphatic rings. The van der Waals surface area contributed by atoms with Crippen LogP contribution in [0.2, 0.25) is 0 Å². The van der Waals surface area contributed by atoms with Crippen LogP contribution in [0.15, 0.2) is 24.3 Å². The lowest BCUT2D eigenvalue weighted by Crippen LogP contribution is -2.56. The molecule has 4 rings (SSSR count). The molecule has 0 bridgehead atoms. The van der Waals surface area contributed by atoms with E-state index in [0.29, 0.717) is 30.5 Å². The molecule has 0 radical (unpaired) electrons. The van der Waals surface area contributed by atoms with Crippen LogP contribution in [-0.4, -0.2) is 59.9 Å². The summed E-state index contributed by atoms with van der Waals surface area (Å²) in [6.45, 7) is 8.63. The van der Waals surface area contributed by atoms with E-state index in [9.17, 15) is 14.0 Å². The van der Waals surface area contributed by atoms with E-state index < -0.39 is 0 Å². The molecule has 3 aliphatic heterocycles. The fourth-order valence-corrected chi connectivity index (χ4v) is 5.24. The predicted octanol–water partition coefficient (Wildman–Crippen LogP) is 2.52. The monoisotopic (exact) mass is 387 g/mol. The van der Waals surface area contributed by atoms with Crippen LogP contribution in [0.3, 0.4) is 0 Å². The Bertz CT molecular complexity index is 743. The molecule has 3 atom stereocenters. The summed E-state index contributed by atoms with van der Waals surface area (Å²) in [7, 11) is 0. The third kappa shape index (κ3) is 3.43. The Hall–Kier alpha value is -1.95. The fraction of sp³-hybridized carbons (Fsp3) is 0.636. The quantitative estimate of drug-likeness (QED) is 0.864. The van der Waals surface area contributed by atoms with Crippen molar-refractivity contribution in [2.24, 2.45) is 17.8 Å². The maximum atomic E-state index is 13.1. The van der Waals surface area contributed by atoms with Crippen molar-refractivity contribution in [2.75, 3.05) is 32.7 Å². The van der Waals surface area contributed by atoms with Crippen molar-refractivity contribution in [2.45, 2.75) is 38.6 Å². The van der Waals surface area contributed by atoms with Gasteiger partial charge in [0.15, 0.2) is 0 Å². The summed E-state index contributed by atoms with van der Waals surface area (Å²) in [5, 5.41) is 3.31. The van der Waals surface area contributed by atoms with Gasteiger partial charge >= 0.3 is 0 Å². The van der Waals surface area contributed by atoms with Crippen LogP contribution in [0.25, 0.3) is 0 Å². The van der Waals surface area contributed by atoms with E-state index in [0.717, 1.165) is 38.9 Å². The lowest BCUT2D eigenvalue weighted by molar-refractivity contribution is -0.123. The number of hydrogen-bond acceptors (Lipinski definition) is 3. The number of halogens is 1. The third-order valence-corrected chi connectivity index (χ3v) is 7.12. The maximum Gasteiger partial charge on any atom is 0.253 e. The van der Waals surface area contributed by atoms with E-state index in [1.54, 1.807) is 12.1 Å². The van der Waals surface area contributed by atoms with Gasteiger partial charge in [0.05, 0.1) is 5.92 Å². The lowest BCUT2D eigenvalue weighted by atomic mass is 9.75.